The van der Waals surface area contributed by atoms with Gasteiger partial charge < -0.3 is 33.8 Å². The summed E-state index contributed by atoms with van der Waals surface area (Å²) in [7, 11) is -9.93. The molecule has 0 saturated heterocycles. The van der Waals surface area contributed by atoms with Crippen molar-refractivity contribution >= 4 is 39.5 Å². The van der Waals surface area contributed by atoms with Crippen molar-refractivity contribution in [2.24, 2.45) is 5.92 Å². The molecule has 0 spiro atoms. The van der Waals surface area contributed by atoms with Crippen molar-refractivity contribution in [1.82, 2.24) is 0 Å². The number of esters is 4. The van der Waals surface area contributed by atoms with Gasteiger partial charge in [-0.15, -0.1) is 0 Å². The molecule has 0 aliphatic rings. The average molecular weight is 1590 g/mol. The third-order valence-corrected chi connectivity index (χ3v) is 23.5. The maximum Gasteiger partial charge on any atom is 0.472 e. The number of hydrogen-bond acceptors (Lipinski definition) is 15. The van der Waals surface area contributed by atoms with Crippen LogP contribution in [-0.4, -0.2) is 96.7 Å². The Balaban J connectivity index is 5.24. The number of rotatable bonds is 90. The molecule has 3 N–H and O–H groups in total. The van der Waals surface area contributed by atoms with Gasteiger partial charge in [0.05, 0.1) is 26.4 Å². The fraction of sp³-hybridized carbons (Fsp3) is 0.956. The highest BCUT2D eigenvalue weighted by atomic mass is 31.2. The van der Waals surface area contributed by atoms with E-state index in [-0.39, 0.29) is 25.7 Å². The fourth-order valence-electron chi connectivity index (χ4n) is 14.1. The normalized spacial score (nSPS) is 13.9. The van der Waals surface area contributed by atoms with Gasteiger partial charge in [-0.1, -0.05) is 439 Å². The Hall–Kier alpha value is -1.94. The molecular formula is C90H176O17P2. The zero-order chi connectivity index (χ0) is 79.7. The summed E-state index contributed by atoms with van der Waals surface area (Å²) in [5.41, 5.74) is 0. The van der Waals surface area contributed by atoms with Crippen molar-refractivity contribution in [1.29, 1.82) is 0 Å². The molecule has 0 aromatic rings. The summed E-state index contributed by atoms with van der Waals surface area (Å²) in [6.07, 6.45) is 77.7. The van der Waals surface area contributed by atoms with Crippen LogP contribution in [0, 0.1) is 5.92 Å². The number of carbonyl (C=O) groups is 4. The second-order valence-electron chi connectivity index (χ2n) is 32.6. The van der Waals surface area contributed by atoms with E-state index in [1.54, 1.807) is 0 Å². The van der Waals surface area contributed by atoms with Gasteiger partial charge in [0.15, 0.2) is 12.2 Å². The van der Waals surface area contributed by atoms with E-state index in [0.717, 1.165) is 95.8 Å². The quantitative estimate of drug-likeness (QED) is 0.0222. The van der Waals surface area contributed by atoms with Gasteiger partial charge in [-0.05, 0) is 31.6 Å². The van der Waals surface area contributed by atoms with Gasteiger partial charge in [0, 0.05) is 25.7 Å². The Morgan fingerprint density at radius 3 is 0.651 bits per heavy atom. The molecule has 0 aromatic carbocycles. The molecule has 648 valence electrons. The number of ether oxygens (including phenoxy) is 4. The van der Waals surface area contributed by atoms with Crippen LogP contribution in [0.15, 0.2) is 0 Å². The van der Waals surface area contributed by atoms with Crippen LogP contribution in [0.1, 0.15) is 490 Å². The first-order chi connectivity index (χ1) is 53.1. The lowest BCUT2D eigenvalue weighted by atomic mass is 9.99. The molecule has 0 aromatic heterocycles. The lowest BCUT2D eigenvalue weighted by Crippen LogP contribution is -2.30. The topological polar surface area (TPSA) is 237 Å². The molecule has 0 aliphatic heterocycles. The Labute approximate surface area is 670 Å². The molecule has 6 atom stereocenters. The molecule has 0 radical (unpaired) electrons. The summed E-state index contributed by atoms with van der Waals surface area (Å²) in [6, 6.07) is 0. The summed E-state index contributed by atoms with van der Waals surface area (Å²) < 4.78 is 69.0. The van der Waals surface area contributed by atoms with E-state index in [1.807, 2.05) is 0 Å². The maximum atomic E-state index is 13.2. The SMILES string of the molecule is CCCCCCCCCCCCCCCCCCCCCCC(=O)OC[C@H](COP(=O)(O)OC[C@@H](O)COP(=O)(O)OC[C@@H](COC(=O)CCCCCCCCCCCCCC)OC(=O)CCCCCCCCCCCCCCCCC)OC(=O)CCCCCCCCCCCCCCCCCCCCC(C)CC. The minimum absolute atomic E-state index is 0.109. The molecule has 0 amide bonds. The first kappa shape index (κ1) is 107. The van der Waals surface area contributed by atoms with E-state index in [0.29, 0.717) is 25.7 Å². The van der Waals surface area contributed by atoms with E-state index >= 15 is 0 Å². The predicted molar refractivity (Wildman–Crippen MR) is 451 cm³/mol. The van der Waals surface area contributed by atoms with Gasteiger partial charge in [0.1, 0.15) is 19.3 Å². The van der Waals surface area contributed by atoms with E-state index in [1.165, 1.54) is 315 Å². The molecular weight excluding hydrogens is 1410 g/mol. The maximum absolute atomic E-state index is 13.2. The summed E-state index contributed by atoms with van der Waals surface area (Å²) in [4.78, 5) is 73.4. The van der Waals surface area contributed by atoms with Crippen LogP contribution in [-0.2, 0) is 65.4 Å². The third kappa shape index (κ3) is 82.4. The van der Waals surface area contributed by atoms with Crippen LogP contribution in [0.3, 0.4) is 0 Å². The number of carbonyl (C=O) groups excluding carboxylic acids is 4. The van der Waals surface area contributed by atoms with Crippen LogP contribution in [0.4, 0.5) is 0 Å². The number of phosphoric ester groups is 2. The highest BCUT2D eigenvalue weighted by molar-refractivity contribution is 7.47. The molecule has 0 saturated carbocycles. The standard InChI is InChI=1S/C90H176O17P2/c1-6-10-13-16-19-22-25-28-30-31-32-33-37-41-44-49-54-59-64-69-74-88(93)101-80-86(107-90(95)76-71-66-61-56-51-46-42-38-35-34-36-40-43-47-52-57-62-67-72-83(5)9-4)82-105-109(98,99)103-78-84(91)77-102-108(96,97)104-81-85(79-100-87(92)73-68-63-58-53-48-27-24-21-18-15-12-8-3)106-89(94)75-70-65-60-55-50-45-39-29-26-23-20-17-14-11-7-2/h83-86,91H,6-82H2,1-5H3,(H,96,97)(H,98,99)/t83?,84-,85+,86+/m0/s1. The molecule has 0 fully saturated rings. The molecule has 0 heterocycles. The number of hydrogen-bond donors (Lipinski definition) is 3. The van der Waals surface area contributed by atoms with Crippen LogP contribution >= 0.6 is 15.6 Å². The average Bonchev–Trinajstić information content (AvgIpc) is 0.899. The first-order valence-corrected chi connectivity index (χ1v) is 49.7. The summed E-state index contributed by atoms with van der Waals surface area (Å²) >= 11 is 0. The second kappa shape index (κ2) is 82.6. The summed E-state index contributed by atoms with van der Waals surface area (Å²) in [5, 5.41) is 10.7. The Morgan fingerprint density at radius 1 is 0.257 bits per heavy atom. The number of aliphatic hydroxyl groups is 1. The van der Waals surface area contributed by atoms with E-state index in [2.05, 4.69) is 34.6 Å². The largest absolute Gasteiger partial charge is 0.472 e. The summed E-state index contributed by atoms with van der Waals surface area (Å²) in [6.45, 7) is 7.46. The number of unbranched alkanes of at least 4 members (excludes halogenated alkanes) is 61. The second-order valence-corrected chi connectivity index (χ2v) is 35.5. The molecule has 17 nitrogen and oxygen atoms in total. The number of aliphatic hydroxyl groups excluding tert-OH is 1. The first-order valence-electron chi connectivity index (χ1n) is 46.7. The molecule has 3 unspecified atom stereocenters. The van der Waals surface area contributed by atoms with Crippen molar-refractivity contribution in [3.8, 4) is 0 Å². The highest BCUT2D eigenvalue weighted by Gasteiger charge is 2.31. The van der Waals surface area contributed by atoms with E-state index in [9.17, 15) is 43.2 Å². The fourth-order valence-corrected chi connectivity index (χ4v) is 15.7. The van der Waals surface area contributed by atoms with Gasteiger partial charge in [-0.2, -0.15) is 0 Å². The zero-order valence-corrected chi connectivity index (χ0v) is 73.5. The minimum Gasteiger partial charge on any atom is -0.462 e. The van der Waals surface area contributed by atoms with Gasteiger partial charge in [0.2, 0.25) is 0 Å². The van der Waals surface area contributed by atoms with Crippen molar-refractivity contribution in [3.63, 3.8) is 0 Å². The zero-order valence-electron chi connectivity index (χ0n) is 71.7. The monoisotopic (exact) mass is 1590 g/mol. The lowest BCUT2D eigenvalue weighted by Gasteiger charge is -2.21. The van der Waals surface area contributed by atoms with Crippen LogP contribution in [0.2, 0.25) is 0 Å². The van der Waals surface area contributed by atoms with Crippen LogP contribution in [0.25, 0.3) is 0 Å². The molecule has 0 bridgehead atoms. The van der Waals surface area contributed by atoms with Crippen molar-refractivity contribution < 1.29 is 80.2 Å². The summed E-state index contributed by atoms with van der Waals surface area (Å²) in [5.74, 6) is -1.22. The molecule has 0 aliphatic carbocycles. The van der Waals surface area contributed by atoms with E-state index in [4.69, 9.17) is 37.0 Å². The highest BCUT2D eigenvalue weighted by Crippen LogP contribution is 2.45. The van der Waals surface area contributed by atoms with Gasteiger partial charge >= 0.3 is 39.5 Å². The lowest BCUT2D eigenvalue weighted by molar-refractivity contribution is -0.161. The van der Waals surface area contributed by atoms with Gasteiger partial charge in [-0.3, -0.25) is 37.3 Å². The van der Waals surface area contributed by atoms with Crippen molar-refractivity contribution in [2.45, 2.75) is 509 Å². The Bertz CT molecular complexity index is 2070. The van der Waals surface area contributed by atoms with Crippen molar-refractivity contribution in [3.05, 3.63) is 0 Å². The van der Waals surface area contributed by atoms with Crippen LogP contribution < -0.4 is 0 Å². The van der Waals surface area contributed by atoms with Gasteiger partial charge in [-0.25, -0.2) is 9.13 Å². The Morgan fingerprint density at radius 2 is 0.440 bits per heavy atom. The molecule has 19 heteroatoms. The molecule has 0 rings (SSSR count). The predicted octanol–water partition coefficient (Wildman–Crippen LogP) is 27.9. The van der Waals surface area contributed by atoms with Crippen LogP contribution in [0.5, 0.6) is 0 Å². The molecule has 109 heavy (non-hydrogen) atoms. The van der Waals surface area contributed by atoms with E-state index < -0.39 is 97.5 Å². The third-order valence-electron chi connectivity index (χ3n) is 21.6. The van der Waals surface area contributed by atoms with Gasteiger partial charge in [0.25, 0.3) is 0 Å². The smallest absolute Gasteiger partial charge is 0.462 e. The Kier molecular flexibility index (Phi) is 81.1. The minimum atomic E-state index is -4.97. The number of phosphoric acid groups is 2. The van der Waals surface area contributed by atoms with Crippen molar-refractivity contribution in [2.75, 3.05) is 39.6 Å².